The fourth-order valence-electron chi connectivity index (χ4n) is 2.82. The van der Waals surface area contributed by atoms with Crippen molar-refractivity contribution in [3.05, 3.63) is 28.8 Å². The van der Waals surface area contributed by atoms with Crippen molar-refractivity contribution in [1.29, 1.82) is 0 Å². The van der Waals surface area contributed by atoms with Crippen molar-refractivity contribution in [2.75, 3.05) is 12.3 Å². The summed E-state index contributed by atoms with van der Waals surface area (Å²) in [4.78, 5) is 11.9. The van der Waals surface area contributed by atoms with Crippen LogP contribution >= 0.6 is 0 Å². The van der Waals surface area contributed by atoms with Crippen LogP contribution in [0.4, 0.5) is 5.69 Å². The first-order valence-electron chi connectivity index (χ1n) is 6.47. The van der Waals surface area contributed by atoms with E-state index >= 15 is 0 Å². The van der Waals surface area contributed by atoms with Gasteiger partial charge in [-0.1, -0.05) is 13.0 Å². The van der Waals surface area contributed by atoms with Crippen molar-refractivity contribution in [2.24, 2.45) is 0 Å². The maximum Gasteiger partial charge on any atom is 0.340 e. The van der Waals surface area contributed by atoms with Gasteiger partial charge in [-0.25, -0.2) is 4.79 Å². The summed E-state index contributed by atoms with van der Waals surface area (Å²) in [7, 11) is 0. The van der Waals surface area contributed by atoms with E-state index in [2.05, 4.69) is 0 Å². The second-order valence-electron chi connectivity index (χ2n) is 4.86. The lowest BCUT2D eigenvalue weighted by molar-refractivity contribution is 0.0506. The van der Waals surface area contributed by atoms with Gasteiger partial charge in [0.15, 0.2) is 0 Å². The zero-order valence-corrected chi connectivity index (χ0v) is 10.4. The standard InChI is InChI=1S/C14H17NO3/c1-2-7-17-14(16)9-4-3-8-10-5-6-11(18-10)12(8)13(9)15/h3-4,10-11H,2,5-7,15H2,1H3. The van der Waals surface area contributed by atoms with Crippen molar-refractivity contribution in [2.45, 2.75) is 38.4 Å². The van der Waals surface area contributed by atoms with Gasteiger partial charge in [0.25, 0.3) is 0 Å². The number of hydrogen-bond acceptors (Lipinski definition) is 4. The lowest BCUT2D eigenvalue weighted by Gasteiger charge is -2.16. The summed E-state index contributed by atoms with van der Waals surface area (Å²) >= 11 is 0. The van der Waals surface area contributed by atoms with Gasteiger partial charge in [0, 0.05) is 5.56 Å². The number of nitrogen functional groups attached to an aromatic ring is 1. The summed E-state index contributed by atoms with van der Waals surface area (Å²) in [5.41, 5.74) is 9.29. The van der Waals surface area contributed by atoms with E-state index in [1.54, 1.807) is 6.07 Å². The Bertz CT molecular complexity index is 498. The highest BCUT2D eigenvalue weighted by Crippen LogP contribution is 2.52. The molecule has 0 saturated carbocycles. The zero-order chi connectivity index (χ0) is 12.7. The van der Waals surface area contributed by atoms with E-state index < -0.39 is 0 Å². The molecule has 3 rings (SSSR count). The fraction of sp³-hybridized carbons (Fsp3) is 0.500. The molecule has 0 aliphatic carbocycles. The van der Waals surface area contributed by atoms with Crippen LogP contribution in [-0.4, -0.2) is 12.6 Å². The molecule has 18 heavy (non-hydrogen) atoms. The number of benzene rings is 1. The van der Waals surface area contributed by atoms with Gasteiger partial charge in [-0.3, -0.25) is 0 Å². The summed E-state index contributed by atoms with van der Waals surface area (Å²) in [5.74, 6) is -0.333. The van der Waals surface area contributed by atoms with Gasteiger partial charge in [-0.05, 0) is 30.9 Å². The van der Waals surface area contributed by atoms with Crippen molar-refractivity contribution in [3.8, 4) is 0 Å². The Kier molecular flexibility index (Phi) is 2.74. The summed E-state index contributed by atoms with van der Waals surface area (Å²) in [6, 6.07) is 3.72. The van der Waals surface area contributed by atoms with Crippen LogP contribution < -0.4 is 5.73 Å². The minimum absolute atomic E-state index is 0.0731. The van der Waals surface area contributed by atoms with E-state index in [4.69, 9.17) is 15.2 Å². The van der Waals surface area contributed by atoms with E-state index in [0.29, 0.717) is 17.9 Å². The number of rotatable bonds is 3. The molecule has 4 nitrogen and oxygen atoms in total. The number of nitrogens with two attached hydrogens (primary N) is 1. The van der Waals surface area contributed by atoms with Crippen LogP contribution in [0.5, 0.6) is 0 Å². The number of ether oxygens (including phenoxy) is 2. The number of carbonyl (C=O) groups is 1. The Morgan fingerprint density at radius 1 is 1.44 bits per heavy atom. The minimum atomic E-state index is -0.333. The molecule has 2 unspecified atom stereocenters. The molecular weight excluding hydrogens is 230 g/mol. The molecule has 2 bridgehead atoms. The molecular formula is C14H17NO3. The average molecular weight is 247 g/mol. The number of anilines is 1. The summed E-state index contributed by atoms with van der Waals surface area (Å²) < 4.78 is 10.9. The average Bonchev–Trinajstić information content (AvgIpc) is 2.97. The molecule has 2 atom stereocenters. The Labute approximate surface area is 106 Å². The Hall–Kier alpha value is -1.55. The normalized spacial score (nSPS) is 24.1. The van der Waals surface area contributed by atoms with Crippen LogP contribution in [0.25, 0.3) is 0 Å². The van der Waals surface area contributed by atoms with Crippen LogP contribution in [0.1, 0.15) is 59.9 Å². The molecule has 2 N–H and O–H groups in total. The SMILES string of the molecule is CCCOC(=O)c1ccc2c(c1N)C1CCC2O1. The first kappa shape index (κ1) is 11.5. The highest BCUT2D eigenvalue weighted by molar-refractivity contribution is 5.96. The molecule has 0 amide bonds. The predicted octanol–water partition coefficient (Wildman–Crippen LogP) is 2.74. The third-order valence-corrected chi connectivity index (χ3v) is 3.67. The maximum atomic E-state index is 11.9. The lowest BCUT2D eigenvalue weighted by atomic mass is 9.89. The molecule has 1 saturated heterocycles. The molecule has 1 fully saturated rings. The third kappa shape index (κ3) is 1.60. The van der Waals surface area contributed by atoms with Crippen LogP contribution in [0.2, 0.25) is 0 Å². The summed E-state index contributed by atoms with van der Waals surface area (Å²) in [6.07, 6.45) is 3.10. The van der Waals surface area contributed by atoms with Crippen molar-refractivity contribution < 1.29 is 14.3 Å². The van der Waals surface area contributed by atoms with Gasteiger partial charge in [-0.15, -0.1) is 0 Å². The summed E-state index contributed by atoms with van der Waals surface area (Å²) in [6.45, 7) is 2.39. The number of hydrogen-bond donors (Lipinski definition) is 1. The second kappa shape index (κ2) is 4.28. The van der Waals surface area contributed by atoms with Gasteiger partial charge >= 0.3 is 5.97 Å². The van der Waals surface area contributed by atoms with Gasteiger partial charge in [-0.2, -0.15) is 0 Å². The minimum Gasteiger partial charge on any atom is -0.462 e. The zero-order valence-electron chi connectivity index (χ0n) is 10.4. The first-order valence-corrected chi connectivity index (χ1v) is 6.47. The Morgan fingerprint density at radius 2 is 2.22 bits per heavy atom. The number of carbonyl (C=O) groups excluding carboxylic acids is 1. The molecule has 0 aromatic heterocycles. The van der Waals surface area contributed by atoms with E-state index in [9.17, 15) is 4.79 Å². The topological polar surface area (TPSA) is 61.5 Å². The molecule has 1 aromatic carbocycles. The largest absolute Gasteiger partial charge is 0.462 e. The second-order valence-corrected chi connectivity index (χ2v) is 4.86. The monoisotopic (exact) mass is 247 g/mol. The van der Waals surface area contributed by atoms with Crippen LogP contribution in [0, 0.1) is 0 Å². The fourth-order valence-corrected chi connectivity index (χ4v) is 2.82. The third-order valence-electron chi connectivity index (χ3n) is 3.67. The van der Waals surface area contributed by atoms with E-state index in [-0.39, 0.29) is 18.2 Å². The molecule has 4 heteroatoms. The Morgan fingerprint density at radius 3 is 3.00 bits per heavy atom. The predicted molar refractivity (Wildman–Crippen MR) is 67.2 cm³/mol. The van der Waals surface area contributed by atoms with Gasteiger partial charge in [0.05, 0.1) is 30.1 Å². The van der Waals surface area contributed by atoms with E-state index in [1.165, 1.54) is 0 Å². The van der Waals surface area contributed by atoms with Gasteiger partial charge < -0.3 is 15.2 Å². The summed E-state index contributed by atoms with van der Waals surface area (Å²) in [5, 5.41) is 0. The van der Waals surface area contributed by atoms with Crippen LogP contribution in [0.15, 0.2) is 12.1 Å². The van der Waals surface area contributed by atoms with Gasteiger partial charge in [0.1, 0.15) is 0 Å². The maximum absolute atomic E-state index is 11.9. The van der Waals surface area contributed by atoms with Gasteiger partial charge in [0.2, 0.25) is 0 Å². The Balaban J connectivity index is 1.94. The number of fused-ring (bicyclic) bond motifs is 5. The number of esters is 1. The molecule has 2 heterocycles. The highest BCUT2D eigenvalue weighted by atomic mass is 16.5. The molecule has 2 aliphatic heterocycles. The van der Waals surface area contributed by atoms with Crippen LogP contribution in [0.3, 0.4) is 0 Å². The van der Waals surface area contributed by atoms with Crippen molar-refractivity contribution in [1.82, 2.24) is 0 Å². The van der Waals surface area contributed by atoms with Crippen molar-refractivity contribution >= 4 is 11.7 Å². The van der Waals surface area contributed by atoms with E-state index in [1.807, 2.05) is 13.0 Å². The highest BCUT2D eigenvalue weighted by Gasteiger charge is 2.40. The molecule has 96 valence electrons. The first-order chi connectivity index (χ1) is 8.72. The lowest BCUT2D eigenvalue weighted by Crippen LogP contribution is -2.12. The smallest absolute Gasteiger partial charge is 0.340 e. The van der Waals surface area contributed by atoms with Crippen molar-refractivity contribution in [3.63, 3.8) is 0 Å². The molecule has 2 aliphatic rings. The van der Waals surface area contributed by atoms with E-state index in [0.717, 1.165) is 30.4 Å². The van der Waals surface area contributed by atoms with Crippen LogP contribution in [-0.2, 0) is 9.47 Å². The molecule has 0 radical (unpaired) electrons. The quantitative estimate of drug-likeness (QED) is 0.659. The molecule has 1 aromatic rings. The molecule has 0 spiro atoms.